The maximum Gasteiger partial charge on any atom is 0.126 e. The molecule has 19 heavy (non-hydrogen) atoms. The Morgan fingerprint density at radius 2 is 2.16 bits per heavy atom. The Hall–Kier alpha value is -1.86. The van der Waals surface area contributed by atoms with Gasteiger partial charge in [0.05, 0.1) is 18.2 Å². The van der Waals surface area contributed by atoms with Crippen LogP contribution in [0.3, 0.4) is 0 Å². The van der Waals surface area contributed by atoms with Crippen molar-refractivity contribution in [2.24, 2.45) is 0 Å². The Kier molecular flexibility index (Phi) is 4.18. The Morgan fingerprint density at radius 1 is 1.37 bits per heavy atom. The first kappa shape index (κ1) is 13.6. The molecule has 0 amide bonds. The largest absolute Gasteiger partial charge is 0.364 e. The molecule has 0 fully saturated rings. The van der Waals surface area contributed by atoms with Crippen LogP contribution in [0.4, 0.5) is 10.1 Å². The molecule has 1 aromatic heterocycles. The van der Waals surface area contributed by atoms with Crippen molar-refractivity contribution in [1.29, 1.82) is 5.26 Å². The van der Waals surface area contributed by atoms with Crippen molar-refractivity contribution in [3.05, 3.63) is 52.0 Å². The number of hydrogen-bond donors (Lipinski definition) is 0. The van der Waals surface area contributed by atoms with Crippen molar-refractivity contribution < 1.29 is 4.39 Å². The van der Waals surface area contributed by atoms with Crippen LogP contribution < -0.4 is 4.90 Å². The summed E-state index contributed by atoms with van der Waals surface area (Å²) in [4.78, 5) is 3.31. The summed E-state index contributed by atoms with van der Waals surface area (Å²) in [5.74, 6) is -0.370. The second kappa shape index (κ2) is 5.85. The van der Waals surface area contributed by atoms with Crippen LogP contribution in [-0.2, 0) is 6.54 Å². The van der Waals surface area contributed by atoms with Gasteiger partial charge in [0.25, 0.3) is 0 Å². The van der Waals surface area contributed by atoms with Gasteiger partial charge < -0.3 is 4.90 Å². The van der Waals surface area contributed by atoms with Crippen LogP contribution in [0, 0.1) is 17.1 Å². The predicted octanol–water partition coefficient (Wildman–Crippen LogP) is 4.17. The van der Waals surface area contributed by atoms with E-state index in [1.54, 1.807) is 17.4 Å². The van der Waals surface area contributed by atoms with E-state index in [0.29, 0.717) is 5.56 Å². The zero-order chi connectivity index (χ0) is 13.8. The fourth-order valence-corrected chi connectivity index (χ4v) is 2.65. The highest BCUT2D eigenvalue weighted by Gasteiger charge is 2.13. The summed E-state index contributed by atoms with van der Waals surface area (Å²) in [5, 5.41) is 11.0. The van der Waals surface area contributed by atoms with Crippen molar-refractivity contribution in [1.82, 2.24) is 0 Å². The molecule has 1 heterocycles. The minimum absolute atomic E-state index is 0.232. The van der Waals surface area contributed by atoms with Gasteiger partial charge in [0.2, 0.25) is 0 Å². The SMILES string of the molecule is CC(C)N(Cc1cccs1)c1cc(F)cc(C#N)c1. The minimum atomic E-state index is -0.370. The van der Waals surface area contributed by atoms with Crippen LogP contribution in [0.25, 0.3) is 0 Å². The number of rotatable bonds is 4. The van der Waals surface area contributed by atoms with E-state index in [1.807, 2.05) is 17.5 Å². The molecule has 0 unspecified atom stereocenters. The molecule has 0 saturated carbocycles. The van der Waals surface area contributed by atoms with Crippen molar-refractivity contribution in [2.75, 3.05) is 4.90 Å². The zero-order valence-corrected chi connectivity index (χ0v) is 11.7. The lowest BCUT2D eigenvalue weighted by Crippen LogP contribution is -2.29. The average molecular weight is 274 g/mol. The smallest absolute Gasteiger partial charge is 0.126 e. The number of thiophene rings is 1. The number of benzene rings is 1. The van der Waals surface area contributed by atoms with E-state index in [1.165, 1.54) is 17.0 Å². The number of halogens is 1. The first-order valence-corrected chi connectivity index (χ1v) is 6.98. The summed E-state index contributed by atoms with van der Waals surface area (Å²) in [6.07, 6.45) is 0. The first-order chi connectivity index (χ1) is 9.10. The molecular formula is C15H15FN2S. The molecular weight excluding hydrogens is 259 g/mol. The maximum atomic E-state index is 13.5. The average Bonchev–Trinajstić information content (AvgIpc) is 2.87. The molecule has 2 nitrogen and oxygen atoms in total. The van der Waals surface area contributed by atoms with Gasteiger partial charge in [-0.15, -0.1) is 11.3 Å². The van der Waals surface area contributed by atoms with E-state index in [9.17, 15) is 4.39 Å². The van der Waals surface area contributed by atoms with Gasteiger partial charge in [-0.1, -0.05) is 6.07 Å². The van der Waals surface area contributed by atoms with Crippen LogP contribution in [0.1, 0.15) is 24.3 Å². The van der Waals surface area contributed by atoms with Crippen molar-refractivity contribution in [2.45, 2.75) is 26.4 Å². The van der Waals surface area contributed by atoms with E-state index in [0.717, 1.165) is 12.2 Å². The van der Waals surface area contributed by atoms with Gasteiger partial charge in [-0.3, -0.25) is 0 Å². The Balaban J connectivity index is 2.34. The van der Waals surface area contributed by atoms with E-state index in [-0.39, 0.29) is 11.9 Å². The van der Waals surface area contributed by atoms with E-state index in [2.05, 4.69) is 24.8 Å². The summed E-state index contributed by atoms with van der Waals surface area (Å²) in [6.45, 7) is 4.85. The van der Waals surface area contributed by atoms with Gasteiger partial charge in [-0.2, -0.15) is 5.26 Å². The van der Waals surface area contributed by atoms with Crippen molar-refractivity contribution in [3.63, 3.8) is 0 Å². The molecule has 0 aliphatic carbocycles. The quantitative estimate of drug-likeness (QED) is 0.836. The molecule has 0 atom stereocenters. The molecule has 2 aromatic rings. The summed E-state index contributed by atoms with van der Waals surface area (Å²) < 4.78 is 13.5. The first-order valence-electron chi connectivity index (χ1n) is 6.10. The number of anilines is 1. The third-order valence-electron chi connectivity index (χ3n) is 2.87. The maximum absolute atomic E-state index is 13.5. The minimum Gasteiger partial charge on any atom is -0.364 e. The molecule has 0 N–H and O–H groups in total. The van der Waals surface area contributed by atoms with Gasteiger partial charge in [0, 0.05) is 16.6 Å². The summed E-state index contributed by atoms with van der Waals surface area (Å²) >= 11 is 1.68. The standard InChI is InChI=1S/C15H15FN2S/c1-11(2)18(10-15-4-3-5-19-15)14-7-12(9-17)6-13(16)8-14/h3-8,11H,10H2,1-2H3. The van der Waals surface area contributed by atoms with Gasteiger partial charge in [-0.05, 0) is 43.5 Å². The molecule has 4 heteroatoms. The fourth-order valence-electron chi connectivity index (χ4n) is 1.95. The molecule has 0 bridgehead atoms. The van der Waals surface area contributed by atoms with E-state index >= 15 is 0 Å². The lowest BCUT2D eigenvalue weighted by Gasteiger charge is -2.28. The van der Waals surface area contributed by atoms with Gasteiger partial charge in [0.15, 0.2) is 0 Å². The second-order valence-electron chi connectivity index (χ2n) is 4.61. The highest BCUT2D eigenvalue weighted by atomic mass is 32.1. The lowest BCUT2D eigenvalue weighted by atomic mass is 10.1. The van der Waals surface area contributed by atoms with Gasteiger partial charge in [-0.25, -0.2) is 4.39 Å². The highest BCUT2D eigenvalue weighted by Crippen LogP contribution is 2.24. The zero-order valence-electron chi connectivity index (χ0n) is 10.9. The molecule has 0 saturated heterocycles. The number of nitriles is 1. The molecule has 0 aliphatic rings. The Bertz CT molecular complexity index is 585. The van der Waals surface area contributed by atoms with Crippen LogP contribution >= 0.6 is 11.3 Å². The van der Waals surface area contributed by atoms with E-state index < -0.39 is 0 Å². The van der Waals surface area contributed by atoms with Crippen molar-refractivity contribution in [3.8, 4) is 6.07 Å². The molecule has 0 aliphatic heterocycles. The molecule has 2 rings (SSSR count). The van der Waals surface area contributed by atoms with Crippen LogP contribution in [-0.4, -0.2) is 6.04 Å². The topological polar surface area (TPSA) is 27.0 Å². The van der Waals surface area contributed by atoms with E-state index in [4.69, 9.17) is 5.26 Å². The number of nitrogens with zero attached hydrogens (tertiary/aromatic N) is 2. The third-order valence-corrected chi connectivity index (χ3v) is 3.73. The monoisotopic (exact) mass is 274 g/mol. The lowest BCUT2D eigenvalue weighted by molar-refractivity contribution is 0.622. The van der Waals surface area contributed by atoms with Gasteiger partial charge >= 0.3 is 0 Å². The van der Waals surface area contributed by atoms with Crippen LogP contribution in [0.15, 0.2) is 35.7 Å². The summed E-state index contributed by atoms with van der Waals surface area (Å²) in [6, 6.07) is 10.8. The van der Waals surface area contributed by atoms with Crippen LogP contribution in [0.2, 0.25) is 0 Å². The third kappa shape index (κ3) is 3.33. The van der Waals surface area contributed by atoms with Crippen LogP contribution in [0.5, 0.6) is 0 Å². The number of hydrogen-bond acceptors (Lipinski definition) is 3. The van der Waals surface area contributed by atoms with Crippen molar-refractivity contribution >= 4 is 17.0 Å². The highest BCUT2D eigenvalue weighted by molar-refractivity contribution is 7.09. The molecule has 1 aromatic carbocycles. The second-order valence-corrected chi connectivity index (χ2v) is 5.64. The summed E-state index contributed by atoms with van der Waals surface area (Å²) in [7, 11) is 0. The summed E-state index contributed by atoms with van der Waals surface area (Å²) in [5.41, 5.74) is 1.10. The molecule has 98 valence electrons. The predicted molar refractivity (Wildman–Crippen MR) is 76.8 cm³/mol. The normalized spacial score (nSPS) is 10.5. The molecule has 0 spiro atoms. The fraction of sp³-hybridized carbons (Fsp3) is 0.267. The Labute approximate surface area is 116 Å². The Morgan fingerprint density at radius 3 is 2.74 bits per heavy atom. The van der Waals surface area contributed by atoms with Gasteiger partial charge in [0.1, 0.15) is 5.82 Å². The molecule has 0 radical (unpaired) electrons.